The van der Waals surface area contributed by atoms with Crippen molar-refractivity contribution in [3.05, 3.63) is 100 Å². The van der Waals surface area contributed by atoms with Crippen molar-refractivity contribution in [2.24, 2.45) is 0 Å². The smallest absolute Gasteiger partial charge is 0.250 e. The highest BCUT2D eigenvalue weighted by Gasteiger charge is 2.16. The first-order chi connectivity index (χ1) is 12.6. The maximum Gasteiger partial charge on any atom is 0.250 e. The molecule has 0 aliphatic rings. The van der Waals surface area contributed by atoms with Crippen molar-refractivity contribution in [1.82, 2.24) is 14.9 Å². The molecule has 3 rings (SSSR count). The monoisotopic (exact) mass is 347 g/mol. The van der Waals surface area contributed by atoms with E-state index in [0.29, 0.717) is 6.54 Å². The average molecular weight is 347 g/mol. The molecule has 1 N–H and O–H groups in total. The Bertz CT molecular complexity index is 881. The van der Waals surface area contributed by atoms with Crippen LogP contribution in [-0.2, 0) is 11.3 Å². The second-order valence-corrected chi connectivity index (χ2v) is 6.10. The van der Waals surface area contributed by atoms with E-state index in [9.17, 15) is 9.59 Å². The zero-order valence-electron chi connectivity index (χ0n) is 14.6. The summed E-state index contributed by atoms with van der Waals surface area (Å²) in [6, 6.07) is 18.4. The van der Waals surface area contributed by atoms with Gasteiger partial charge in [-0.25, -0.2) is 0 Å². The van der Waals surface area contributed by atoms with E-state index in [2.05, 4.69) is 10.3 Å². The number of nitrogens with one attached hydrogen (secondary N) is 1. The molecule has 0 spiro atoms. The Hall–Kier alpha value is -3.21. The Kier molecular flexibility index (Phi) is 5.59. The molecule has 0 bridgehead atoms. The molecule has 1 aromatic carbocycles. The largest absolute Gasteiger partial charge is 0.345 e. The van der Waals surface area contributed by atoms with Gasteiger partial charge in [0, 0.05) is 37.1 Å². The van der Waals surface area contributed by atoms with Crippen LogP contribution in [0.2, 0.25) is 0 Å². The molecular weight excluding hydrogens is 326 g/mol. The zero-order chi connectivity index (χ0) is 18.4. The number of pyridine rings is 2. The van der Waals surface area contributed by atoms with E-state index in [1.165, 1.54) is 6.07 Å². The standard InChI is InChI=1S/C21H21N3O2/c1-16-6-5-9-20(26)24(16)15-12-19(25)23-21(17-7-3-2-4-8-17)18-10-13-22-14-11-18/h2-11,13-14,21H,12,15H2,1H3,(H,23,25)/t21-/m1/s1. The van der Waals surface area contributed by atoms with Crippen LogP contribution in [0.25, 0.3) is 0 Å². The van der Waals surface area contributed by atoms with Gasteiger partial charge in [0.15, 0.2) is 0 Å². The molecule has 0 radical (unpaired) electrons. The van der Waals surface area contributed by atoms with Crippen LogP contribution in [0, 0.1) is 6.92 Å². The van der Waals surface area contributed by atoms with Gasteiger partial charge in [0.1, 0.15) is 0 Å². The number of hydrogen-bond acceptors (Lipinski definition) is 3. The summed E-state index contributed by atoms with van der Waals surface area (Å²) in [5.74, 6) is -0.106. The van der Waals surface area contributed by atoms with Crippen LogP contribution in [0.4, 0.5) is 0 Å². The molecule has 26 heavy (non-hydrogen) atoms. The lowest BCUT2D eigenvalue weighted by Crippen LogP contribution is -2.31. The van der Waals surface area contributed by atoms with Gasteiger partial charge in [-0.1, -0.05) is 36.4 Å². The fourth-order valence-electron chi connectivity index (χ4n) is 2.92. The molecular formula is C21H21N3O2. The van der Waals surface area contributed by atoms with Crippen molar-refractivity contribution in [3.63, 3.8) is 0 Å². The summed E-state index contributed by atoms with van der Waals surface area (Å²) in [4.78, 5) is 28.5. The molecule has 2 heterocycles. The van der Waals surface area contributed by atoms with Gasteiger partial charge in [0.05, 0.1) is 6.04 Å². The number of aromatic nitrogens is 2. The molecule has 0 saturated heterocycles. The molecule has 0 saturated carbocycles. The normalized spacial score (nSPS) is 11.7. The minimum atomic E-state index is -0.250. The molecule has 0 fully saturated rings. The summed E-state index contributed by atoms with van der Waals surface area (Å²) in [6.07, 6.45) is 3.66. The van der Waals surface area contributed by atoms with E-state index >= 15 is 0 Å². The van der Waals surface area contributed by atoms with Crippen LogP contribution in [0.15, 0.2) is 77.9 Å². The number of hydrogen-bond donors (Lipinski definition) is 1. The number of amides is 1. The van der Waals surface area contributed by atoms with Gasteiger partial charge in [0.2, 0.25) is 5.91 Å². The van der Waals surface area contributed by atoms with E-state index in [-0.39, 0.29) is 23.9 Å². The SMILES string of the molecule is Cc1cccc(=O)n1CCC(=O)N[C@H](c1ccccc1)c1ccncc1. The van der Waals surface area contributed by atoms with E-state index in [1.54, 1.807) is 23.0 Å². The first-order valence-corrected chi connectivity index (χ1v) is 8.56. The van der Waals surface area contributed by atoms with Crippen molar-refractivity contribution in [1.29, 1.82) is 0 Å². The summed E-state index contributed by atoms with van der Waals surface area (Å²) >= 11 is 0. The van der Waals surface area contributed by atoms with Crippen molar-refractivity contribution in [3.8, 4) is 0 Å². The number of nitrogens with zero attached hydrogens (tertiary/aromatic N) is 2. The molecule has 0 aliphatic carbocycles. The predicted molar refractivity (Wildman–Crippen MR) is 101 cm³/mol. The van der Waals surface area contributed by atoms with Crippen molar-refractivity contribution < 1.29 is 4.79 Å². The maximum atomic E-state index is 12.6. The summed E-state index contributed by atoms with van der Waals surface area (Å²) < 4.78 is 1.61. The summed E-state index contributed by atoms with van der Waals surface area (Å²) in [7, 11) is 0. The quantitative estimate of drug-likeness (QED) is 0.746. The summed E-state index contributed by atoms with van der Waals surface area (Å²) in [5, 5.41) is 3.08. The summed E-state index contributed by atoms with van der Waals surface area (Å²) in [6.45, 7) is 2.22. The molecule has 0 aliphatic heterocycles. The molecule has 5 heteroatoms. The van der Waals surface area contributed by atoms with Gasteiger partial charge in [-0.15, -0.1) is 0 Å². The van der Waals surface area contributed by atoms with Crippen LogP contribution in [0.5, 0.6) is 0 Å². The average Bonchev–Trinajstić information content (AvgIpc) is 2.67. The number of aryl methyl sites for hydroxylation is 1. The van der Waals surface area contributed by atoms with Crippen molar-refractivity contribution in [2.45, 2.75) is 25.9 Å². The summed E-state index contributed by atoms with van der Waals surface area (Å²) in [5.41, 5.74) is 2.72. The zero-order valence-corrected chi connectivity index (χ0v) is 14.6. The lowest BCUT2D eigenvalue weighted by Gasteiger charge is -2.20. The number of carbonyl (C=O) groups is 1. The predicted octanol–water partition coefficient (Wildman–Crippen LogP) is 2.85. The first kappa shape index (κ1) is 17.6. The van der Waals surface area contributed by atoms with Crippen LogP contribution in [0.3, 0.4) is 0 Å². The second-order valence-electron chi connectivity index (χ2n) is 6.10. The Morgan fingerprint density at radius 2 is 1.69 bits per heavy atom. The molecule has 0 unspecified atom stereocenters. The highest BCUT2D eigenvalue weighted by Crippen LogP contribution is 2.21. The second kappa shape index (κ2) is 8.25. The maximum absolute atomic E-state index is 12.6. The van der Waals surface area contributed by atoms with Crippen LogP contribution in [-0.4, -0.2) is 15.5 Å². The van der Waals surface area contributed by atoms with Gasteiger partial charge in [-0.05, 0) is 36.2 Å². The van der Waals surface area contributed by atoms with Gasteiger partial charge in [-0.2, -0.15) is 0 Å². The fourth-order valence-corrected chi connectivity index (χ4v) is 2.92. The minimum absolute atomic E-state index is 0.0912. The molecule has 1 atom stereocenters. The van der Waals surface area contributed by atoms with E-state index in [0.717, 1.165) is 16.8 Å². The van der Waals surface area contributed by atoms with E-state index < -0.39 is 0 Å². The Labute approximate surface area is 152 Å². The van der Waals surface area contributed by atoms with Gasteiger partial charge in [0.25, 0.3) is 5.56 Å². The minimum Gasteiger partial charge on any atom is -0.345 e. The topological polar surface area (TPSA) is 64.0 Å². The number of carbonyl (C=O) groups excluding carboxylic acids is 1. The van der Waals surface area contributed by atoms with Gasteiger partial charge < -0.3 is 9.88 Å². The van der Waals surface area contributed by atoms with Crippen molar-refractivity contribution in [2.75, 3.05) is 0 Å². The third-order valence-corrected chi connectivity index (χ3v) is 4.31. The van der Waals surface area contributed by atoms with Crippen LogP contribution >= 0.6 is 0 Å². The fraction of sp³-hybridized carbons (Fsp3) is 0.190. The molecule has 1 amide bonds. The lowest BCUT2D eigenvalue weighted by atomic mass is 9.99. The molecule has 132 valence electrons. The van der Waals surface area contributed by atoms with Gasteiger partial charge >= 0.3 is 0 Å². The molecule has 3 aromatic rings. The van der Waals surface area contributed by atoms with E-state index in [1.807, 2.05) is 55.5 Å². The van der Waals surface area contributed by atoms with Gasteiger partial charge in [-0.3, -0.25) is 14.6 Å². The van der Waals surface area contributed by atoms with E-state index in [4.69, 9.17) is 0 Å². The number of benzene rings is 1. The third-order valence-electron chi connectivity index (χ3n) is 4.31. The Balaban J connectivity index is 1.75. The Morgan fingerprint density at radius 1 is 1.00 bits per heavy atom. The number of rotatable bonds is 6. The highest BCUT2D eigenvalue weighted by molar-refractivity contribution is 5.77. The highest BCUT2D eigenvalue weighted by atomic mass is 16.2. The third kappa shape index (κ3) is 4.25. The first-order valence-electron chi connectivity index (χ1n) is 8.56. The van der Waals surface area contributed by atoms with Crippen LogP contribution < -0.4 is 10.9 Å². The van der Waals surface area contributed by atoms with Crippen LogP contribution in [0.1, 0.15) is 29.3 Å². The lowest BCUT2D eigenvalue weighted by molar-refractivity contribution is -0.121. The molecule has 2 aromatic heterocycles. The Morgan fingerprint density at radius 3 is 2.38 bits per heavy atom. The van der Waals surface area contributed by atoms with Crippen molar-refractivity contribution >= 4 is 5.91 Å². The molecule has 5 nitrogen and oxygen atoms in total.